The van der Waals surface area contributed by atoms with Crippen molar-refractivity contribution in [1.29, 1.82) is 0 Å². The van der Waals surface area contributed by atoms with E-state index in [0.29, 0.717) is 5.75 Å². The molecule has 0 heterocycles. The molecule has 1 N–H and O–H groups in total. The molecule has 5 nitrogen and oxygen atoms in total. The van der Waals surface area contributed by atoms with Crippen molar-refractivity contribution in [1.82, 2.24) is 4.72 Å². The summed E-state index contributed by atoms with van der Waals surface area (Å²) in [5.74, 6) is -0.0996. The van der Waals surface area contributed by atoms with E-state index >= 15 is 0 Å². The Hall–Kier alpha value is -1.54. The summed E-state index contributed by atoms with van der Waals surface area (Å²) in [5.41, 5.74) is 0.0145. The second-order valence-corrected chi connectivity index (χ2v) is 8.04. The molecule has 2 aromatic rings. The second kappa shape index (κ2) is 8.53. The fourth-order valence-electron chi connectivity index (χ4n) is 1.88. The maximum atomic E-state index is 12.3. The van der Waals surface area contributed by atoms with Crippen LogP contribution in [0.15, 0.2) is 58.3 Å². The van der Waals surface area contributed by atoms with Gasteiger partial charge in [0.2, 0.25) is 10.0 Å². The first-order valence-corrected chi connectivity index (χ1v) is 9.84. The summed E-state index contributed by atoms with van der Waals surface area (Å²) in [6.45, 7) is 0.262. The van der Waals surface area contributed by atoms with E-state index in [0.717, 1.165) is 4.90 Å². The van der Waals surface area contributed by atoms with E-state index in [2.05, 4.69) is 9.46 Å². The maximum absolute atomic E-state index is 12.3. The van der Waals surface area contributed by atoms with E-state index in [1.165, 1.54) is 25.3 Å². The van der Waals surface area contributed by atoms with Gasteiger partial charge in [-0.2, -0.15) is 0 Å². The van der Waals surface area contributed by atoms with Crippen LogP contribution < -0.4 is 4.72 Å². The van der Waals surface area contributed by atoms with Gasteiger partial charge in [-0.05, 0) is 30.3 Å². The number of ether oxygens (including phenoxy) is 1. The molecule has 0 aliphatic carbocycles. The van der Waals surface area contributed by atoms with Crippen LogP contribution in [0.25, 0.3) is 0 Å². The number of esters is 1. The molecule has 0 saturated carbocycles. The van der Waals surface area contributed by atoms with Crippen molar-refractivity contribution < 1.29 is 17.9 Å². The van der Waals surface area contributed by atoms with Crippen LogP contribution in [0, 0.1) is 0 Å². The van der Waals surface area contributed by atoms with Crippen molar-refractivity contribution in [2.24, 2.45) is 0 Å². The molecule has 0 aliphatic heterocycles. The van der Waals surface area contributed by atoms with E-state index in [-0.39, 0.29) is 22.0 Å². The van der Waals surface area contributed by atoms with E-state index < -0.39 is 16.0 Å². The van der Waals surface area contributed by atoms with Gasteiger partial charge in [0.1, 0.15) is 0 Å². The Morgan fingerprint density at radius 2 is 1.92 bits per heavy atom. The summed E-state index contributed by atoms with van der Waals surface area (Å²) in [5, 5.41) is 0.139. The number of rotatable bonds is 7. The number of carbonyl (C=O) groups excluding carboxylic acids is 1. The number of carbonyl (C=O) groups is 1. The third kappa shape index (κ3) is 4.98. The van der Waals surface area contributed by atoms with Crippen LogP contribution in [-0.4, -0.2) is 33.8 Å². The first kappa shape index (κ1) is 18.8. The van der Waals surface area contributed by atoms with Crippen LogP contribution in [0.4, 0.5) is 0 Å². The zero-order valence-electron chi connectivity index (χ0n) is 12.9. The lowest BCUT2D eigenvalue weighted by atomic mass is 10.2. The number of hydrogen-bond donors (Lipinski definition) is 1. The van der Waals surface area contributed by atoms with Crippen LogP contribution >= 0.6 is 23.4 Å². The summed E-state index contributed by atoms with van der Waals surface area (Å²) in [4.78, 5) is 12.6. The number of sulfonamides is 1. The average molecular weight is 386 g/mol. The highest BCUT2D eigenvalue weighted by atomic mass is 35.5. The lowest BCUT2D eigenvalue weighted by molar-refractivity contribution is 0.0600. The van der Waals surface area contributed by atoms with Crippen LogP contribution in [-0.2, 0) is 14.8 Å². The molecule has 0 unspecified atom stereocenters. The number of nitrogens with one attached hydrogen (secondary N) is 1. The number of hydrogen-bond acceptors (Lipinski definition) is 5. The van der Waals surface area contributed by atoms with Crippen LogP contribution in [0.3, 0.4) is 0 Å². The number of thioether (sulfide) groups is 1. The topological polar surface area (TPSA) is 72.5 Å². The van der Waals surface area contributed by atoms with E-state index in [1.54, 1.807) is 11.8 Å². The lowest BCUT2D eigenvalue weighted by Gasteiger charge is -2.09. The third-order valence-electron chi connectivity index (χ3n) is 3.06. The standard InChI is InChI=1S/C16H16ClNO4S2/c1-22-16(19)14-11-13(7-8-15(14)17)24(20,21)18-9-10-23-12-5-3-2-4-6-12/h2-8,11,18H,9-10H2,1H3. The van der Waals surface area contributed by atoms with Crippen molar-refractivity contribution >= 4 is 39.4 Å². The molecule has 0 radical (unpaired) electrons. The third-order valence-corrected chi connectivity index (χ3v) is 5.86. The van der Waals surface area contributed by atoms with E-state index in [1.807, 2.05) is 30.3 Å². The number of benzene rings is 2. The van der Waals surface area contributed by atoms with Gasteiger partial charge in [-0.15, -0.1) is 11.8 Å². The van der Waals surface area contributed by atoms with Crippen molar-refractivity contribution in [3.63, 3.8) is 0 Å². The minimum atomic E-state index is -3.73. The Morgan fingerprint density at radius 1 is 1.21 bits per heavy atom. The van der Waals surface area contributed by atoms with Crippen molar-refractivity contribution in [3.05, 3.63) is 59.1 Å². The second-order valence-electron chi connectivity index (χ2n) is 4.69. The van der Waals surface area contributed by atoms with Gasteiger partial charge in [0.25, 0.3) is 0 Å². The molecule has 128 valence electrons. The molecule has 2 rings (SSSR count). The fourth-order valence-corrected chi connectivity index (χ4v) is 4.05. The van der Waals surface area contributed by atoms with Gasteiger partial charge in [0.05, 0.1) is 22.6 Å². The largest absolute Gasteiger partial charge is 0.465 e. The van der Waals surface area contributed by atoms with Crippen molar-refractivity contribution in [2.75, 3.05) is 19.4 Å². The SMILES string of the molecule is COC(=O)c1cc(S(=O)(=O)NCCSc2ccccc2)ccc1Cl. The Balaban J connectivity index is 2.01. The molecule has 0 aliphatic rings. The van der Waals surface area contributed by atoms with Gasteiger partial charge in [0, 0.05) is 17.2 Å². The average Bonchev–Trinajstić information content (AvgIpc) is 2.59. The van der Waals surface area contributed by atoms with Crippen LogP contribution in [0.1, 0.15) is 10.4 Å². The van der Waals surface area contributed by atoms with Gasteiger partial charge >= 0.3 is 5.97 Å². The minimum Gasteiger partial charge on any atom is -0.465 e. The highest BCUT2D eigenvalue weighted by Crippen LogP contribution is 2.21. The number of methoxy groups -OCH3 is 1. The zero-order chi connectivity index (χ0) is 17.6. The fraction of sp³-hybridized carbons (Fsp3) is 0.188. The van der Waals surface area contributed by atoms with Crippen LogP contribution in [0.5, 0.6) is 0 Å². The maximum Gasteiger partial charge on any atom is 0.339 e. The minimum absolute atomic E-state index is 0.0145. The molecule has 0 spiro atoms. The summed E-state index contributed by atoms with van der Waals surface area (Å²) < 4.78 is 31.7. The molecule has 24 heavy (non-hydrogen) atoms. The summed E-state index contributed by atoms with van der Waals surface area (Å²) in [6, 6.07) is 13.6. The lowest BCUT2D eigenvalue weighted by Crippen LogP contribution is -2.26. The molecule has 0 amide bonds. The van der Waals surface area contributed by atoms with Crippen molar-refractivity contribution in [2.45, 2.75) is 9.79 Å². The molecule has 0 atom stereocenters. The van der Waals surface area contributed by atoms with Gasteiger partial charge in [-0.25, -0.2) is 17.9 Å². The van der Waals surface area contributed by atoms with E-state index in [4.69, 9.17) is 11.6 Å². The molecular weight excluding hydrogens is 370 g/mol. The molecule has 0 bridgehead atoms. The highest BCUT2D eigenvalue weighted by molar-refractivity contribution is 7.99. The summed E-state index contributed by atoms with van der Waals surface area (Å²) >= 11 is 7.44. The first-order chi connectivity index (χ1) is 11.4. The van der Waals surface area contributed by atoms with E-state index in [9.17, 15) is 13.2 Å². The van der Waals surface area contributed by atoms with Gasteiger partial charge < -0.3 is 4.74 Å². The predicted molar refractivity (Wildman–Crippen MR) is 95.1 cm³/mol. The molecule has 0 saturated heterocycles. The quantitative estimate of drug-likeness (QED) is 0.450. The van der Waals surface area contributed by atoms with Gasteiger partial charge in [-0.3, -0.25) is 0 Å². The molecule has 2 aromatic carbocycles. The van der Waals surface area contributed by atoms with Gasteiger partial charge in [0.15, 0.2) is 0 Å². The number of halogens is 1. The van der Waals surface area contributed by atoms with Gasteiger partial charge in [-0.1, -0.05) is 29.8 Å². The summed E-state index contributed by atoms with van der Waals surface area (Å²) in [6.07, 6.45) is 0. The highest BCUT2D eigenvalue weighted by Gasteiger charge is 2.18. The Kier molecular flexibility index (Phi) is 6.68. The molecule has 8 heteroatoms. The zero-order valence-corrected chi connectivity index (χ0v) is 15.2. The molecule has 0 aromatic heterocycles. The monoisotopic (exact) mass is 385 g/mol. The first-order valence-electron chi connectivity index (χ1n) is 6.99. The normalized spacial score (nSPS) is 11.2. The summed E-state index contributed by atoms with van der Waals surface area (Å²) in [7, 11) is -2.52. The Labute approximate surface area is 150 Å². The molecule has 0 fully saturated rings. The Bertz CT molecular complexity index is 810. The Morgan fingerprint density at radius 3 is 2.58 bits per heavy atom. The van der Waals surface area contributed by atoms with Crippen LogP contribution in [0.2, 0.25) is 5.02 Å². The van der Waals surface area contributed by atoms with Crippen molar-refractivity contribution in [3.8, 4) is 0 Å². The smallest absolute Gasteiger partial charge is 0.339 e. The molecular formula is C16H16ClNO4S2. The predicted octanol–water partition coefficient (Wildman–Crippen LogP) is 3.20.